The average Bonchev–Trinajstić information content (AvgIpc) is 3.73. The second kappa shape index (κ2) is 15.1. The standard InChI is InChI=1S/C58H39NO/c1-3-14-40(15-4-1)41-26-28-44(29-27-41)50-21-9-10-22-51(50)45-30-34-47(35-31-45)59(48-36-32-46(33-37-48)52-24-13-19-42-18-7-8-20-49(42)52)55-39-38-53(43-16-5-2-6-17-43)58-57(55)54-23-11-12-25-56(54)60-58/h1-39H. The minimum Gasteiger partial charge on any atom is -0.455 e. The van der Waals surface area contributed by atoms with Crippen LogP contribution >= 0.6 is 0 Å². The second-order valence-electron chi connectivity index (χ2n) is 15.2. The molecule has 0 radical (unpaired) electrons. The molecular weight excluding hydrogens is 727 g/mol. The highest BCUT2D eigenvalue weighted by Crippen LogP contribution is 2.47. The molecule has 0 bridgehead atoms. The fourth-order valence-corrected chi connectivity index (χ4v) is 8.79. The first-order chi connectivity index (χ1) is 29.8. The highest BCUT2D eigenvalue weighted by atomic mass is 16.3. The molecule has 0 saturated heterocycles. The molecule has 2 heteroatoms. The molecule has 0 saturated carbocycles. The van der Waals surface area contributed by atoms with Crippen molar-refractivity contribution in [2.75, 3.05) is 4.90 Å². The molecule has 0 fully saturated rings. The summed E-state index contributed by atoms with van der Waals surface area (Å²) in [7, 11) is 0. The molecule has 11 rings (SSSR count). The van der Waals surface area contributed by atoms with E-state index in [1.54, 1.807) is 0 Å². The van der Waals surface area contributed by atoms with Crippen molar-refractivity contribution in [2.24, 2.45) is 0 Å². The zero-order chi connectivity index (χ0) is 39.8. The van der Waals surface area contributed by atoms with E-state index in [4.69, 9.17) is 4.42 Å². The fourth-order valence-electron chi connectivity index (χ4n) is 8.79. The topological polar surface area (TPSA) is 16.4 Å². The van der Waals surface area contributed by atoms with Gasteiger partial charge in [-0.15, -0.1) is 0 Å². The van der Waals surface area contributed by atoms with Gasteiger partial charge in [0.2, 0.25) is 0 Å². The Labute approximate surface area is 349 Å². The maximum absolute atomic E-state index is 6.76. The van der Waals surface area contributed by atoms with E-state index >= 15 is 0 Å². The molecule has 0 atom stereocenters. The molecule has 10 aromatic carbocycles. The summed E-state index contributed by atoms with van der Waals surface area (Å²) < 4.78 is 6.76. The molecular formula is C58H39NO. The van der Waals surface area contributed by atoms with Crippen molar-refractivity contribution < 1.29 is 4.42 Å². The summed E-state index contributed by atoms with van der Waals surface area (Å²) in [5.74, 6) is 0. The van der Waals surface area contributed by atoms with Gasteiger partial charge in [0.05, 0.1) is 11.1 Å². The summed E-state index contributed by atoms with van der Waals surface area (Å²) in [6.07, 6.45) is 0. The third-order valence-electron chi connectivity index (χ3n) is 11.7. The first-order valence-corrected chi connectivity index (χ1v) is 20.5. The summed E-state index contributed by atoms with van der Waals surface area (Å²) in [6.45, 7) is 0. The first-order valence-electron chi connectivity index (χ1n) is 20.5. The van der Waals surface area contributed by atoms with E-state index in [0.717, 1.165) is 55.7 Å². The van der Waals surface area contributed by atoms with Crippen LogP contribution in [0.4, 0.5) is 17.1 Å². The Morgan fingerprint density at radius 3 is 1.40 bits per heavy atom. The van der Waals surface area contributed by atoms with E-state index in [9.17, 15) is 0 Å². The van der Waals surface area contributed by atoms with Crippen LogP contribution in [0.5, 0.6) is 0 Å². The summed E-state index contributed by atoms with van der Waals surface area (Å²) in [4.78, 5) is 2.38. The fraction of sp³-hybridized carbons (Fsp3) is 0. The van der Waals surface area contributed by atoms with Crippen LogP contribution < -0.4 is 4.90 Å². The molecule has 60 heavy (non-hydrogen) atoms. The largest absolute Gasteiger partial charge is 0.455 e. The lowest BCUT2D eigenvalue weighted by Crippen LogP contribution is -2.10. The number of rotatable bonds is 8. The average molecular weight is 766 g/mol. The van der Waals surface area contributed by atoms with E-state index in [2.05, 4.69) is 235 Å². The van der Waals surface area contributed by atoms with Crippen LogP contribution in [0.15, 0.2) is 241 Å². The third kappa shape index (κ3) is 6.32. The maximum Gasteiger partial charge on any atom is 0.145 e. The van der Waals surface area contributed by atoms with Crippen molar-refractivity contribution in [1.82, 2.24) is 0 Å². The van der Waals surface area contributed by atoms with Crippen LogP contribution in [0, 0.1) is 0 Å². The normalized spacial score (nSPS) is 11.3. The predicted octanol–water partition coefficient (Wildman–Crippen LogP) is 16.5. The van der Waals surface area contributed by atoms with Gasteiger partial charge in [0.1, 0.15) is 11.2 Å². The number of para-hydroxylation sites is 1. The van der Waals surface area contributed by atoms with Crippen LogP contribution in [0.25, 0.3) is 88.3 Å². The molecule has 11 aromatic rings. The highest BCUT2D eigenvalue weighted by Gasteiger charge is 2.22. The zero-order valence-corrected chi connectivity index (χ0v) is 32.9. The van der Waals surface area contributed by atoms with Gasteiger partial charge in [-0.2, -0.15) is 0 Å². The van der Waals surface area contributed by atoms with Gasteiger partial charge in [0.15, 0.2) is 0 Å². The van der Waals surface area contributed by atoms with Gasteiger partial charge in [0, 0.05) is 22.3 Å². The summed E-state index contributed by atoms with van der Waals surface area (Å²) in [5, 5.41) is 4.65. The van der Waals surface area contributed by atoms with Crippen LogP contribution in [-0.4, -0.2) is 0 Å². The van der Waals surface area contributed by atoms with Crippen molar-refractivity contribution >= 4 is 49.8 Å². The Bertz CT molecular complexity index is 3270. The quantitative estimate of drug-likeness (QED) is 0.153. The highest BCUT2D eigenvalue weighted by molar-refractivity contribution is 6.17. The molecule has 0 unspecified atom stereocenters. The van der Waals surface area contributed by atoms with E-state index in [0.29, 0.717) is 0 Å². The van der Waals surface area contributed by atoms with Crippen molar-refractivity contribution in [1.29, 1.82) is 0 Å². The number of anilines is 3. The molecule has 0 amide bonds. The summed E-state index contributed by atoms with van der Waals surface area (Å²) in [5.41, 5.74) is 16.7. The minimum atomic E-state index is 0.868. The predicted molar refractivity (Wildman–Crippen MR) is 253 cm³/mol. The molecule has 1 aromatic heterocycles. The Morgan fingerprint density at radius 2 is 0.733 bits per heavy atom. The van der Waals surface area contributed by atoms with Crippen LogP contribution in [0.3, 0.4) is 0 Å². The monoisotopic (exact) mass is 765 g/mol. The van der Waals surface area contributed by atoms with Crippen LogP contribution in [0.1, 0.15) is 0 Å². The maximum atomic E-state index is 6.76. The Balaban J connectivity index is 1.05. The van der Waals surface area contributed by atoms with E-state index in [-0.39, 0.29) is 0 Å². The number of fused-ring (bicyclic) bond motifs is 4. The molecule has 0 N–H and O–H groups in total. The molecule has 0 aliphatic rings. The molecule has 282 valence electrons. The Morgan fingerprint density at radius 1 is 0.283 bits per heavy atom. The number of benzene rings is 10. The van der Waals surface area contributed by atoms with Gasteiger partial charge < -0.3 is 9.32 Å². The smallest absolute Gasteiger partial charge is 0.145 e. The lowest BCUT2D eigenvalue weighted by atomic mass is 9.93. The van der Waals surface area contributed by atoms with Gasteiger partial charge in [-0.3, -0.25) is 0 Å². The van der Waals surface area contributed by atoms with E-state index < -0.39 is 0 Å². The van der Waals surface area contributed by atoms with Crippen molar-refractivity contribution in [2.45, 2.75) is 0 Å². The minimum absolute atomic E-state index is 0.868. The molecule has 1 heterocycles. The zero-order valence-electron chi connectivity index (χ0n) is 32.9. The SMILES string of the molecule is c1ccc(-c2ccc(-c3ccccc3-c3ccc(N(c4ccc(-c5cccc6ccccc56)cc4)c4ccc(-c5ccccc5)c5oc6ccccc6c45)cc3)cc2)cc1. The second-order valence-corrected chi connectivity index (χ2v) is 15.2. The van der Waals surface area contributed by atoms with Gasteiger partial charge in [-0.05, 0) is 103 Å². The number of hydrogen-bond donors (Lipinski definition) is 0. The molecule has 2 nitrogen and oxygen atoms in total. The van der Waals surface area contributed by atoms with Crippen LogP contribution in [-0.2, 0) is 0 Å². The van der Waals surface area contributed by atoms with Crippen LogP contribution in [0.2, 0.25) is 0 Å². The van der Waals surface area contributed by atoms with E-state index in [1.807, 2.05) is 6.07 Å². The molecule has 0 spiro atoms. The van der Waals surface area contributed by atoms with Gasteiger partial charge in [-0.25, -0.2) is 0 Å². The van der Waals surface area contributed by atoms with Crippen molar-refractivity contribution in [3.05, 3.63) is 237 Å². The van der Waals surface area contributed by atoms with Gasteiger partial charge in [0.25, 0.3) is 0 Å². The number of hydrogen-bond acceptors (Lipinski definition) is 2. The lowest BCUT2D eigenvalue weighted by molar-refractivity contribution is 0.670. The Kier molecular flexibility index (Phi) is 8.87. The third-order valence-corrected chi connectivity index (χ3v) is 11.7. The molecule has 0 aliphatic heterocycles. The van der Waals surface area contributed by atoms with Gasteiger partial charge in [-0.1, -0.05) is 194 Å². The summed E-state index contributed by atoms with van der Waals surface area (Å²) in [6, 6.07) is 84.7. The summed E-state index contributed by atoms with van der Waals surface area (Å²) >= 11 is 0. The van der Waals surface area contributed by atoms with Gasteiger partial charge >= 0.3 is 0 Å². The van der Waals surface area contributed by atoms with Crippen molar-refractivity contribution in [3.8, 4) is 55.6 Å². The first kappa shape index (κ1) is 35.2. The Hall–Kier alpha value is -7.94. The number of furan rings is 1. The van der Waals surface area contributed by atoms with Crippen molar-refractivity contribution in [3.63, 3.8) is 0 Å². The lowest BCUT2D eigenvalue weighted by Gasteiger charge is -2.27. The molecule has 0 aliphatic carbocycles. The number of nitrogens with zero attached hydrogens (tertiary/aromatic N) is 1. The van der Waals surface area contributed by atoms with E-state index in [1.165, 1.54) is 49.7 Å².